The minimum absolute atomic E-state index is 0.116. The Morgan fingerprint density at radius 3 is 2.65 bits per heavy atom. The SMILES string of the molecule is Cc1ccc(C(=O)NCc2ccc(-n3ccnc3)cc2)c(=O)[nH]1. The third-order valence-corrected chi connectivity index (χ3v) is 3.49. The lowest BCUT2D eigenvalue weighted by molar-refractivity contribution is 0.0949. The Hall–Kier alpha value is -3.15. The normalized spacial score (nSPS) is 10.5. The number of benzene rings is 1. The molecule has 2 N–H and O–H groups in total. The number of aromatic amines is 1. The largest absolute Gasteiger partial charge is 0.348 e. The number of nitrogens with one attached hydrogen (secondary N) is 2. The van der Waals surface area contributed by atoms with Gasteiger partial charge in [0.05, 0.1) is 6.33 Å². The molecular weight excluding hydrogens is 292 g/mol. The topological polar surface area (TPSA) is 79.8 Å². The van der Waals surface area contributed by atoms with Crippen LogP contribution in [0, 0.1) is 6.92 Å². The molecule has 0 unspecified atom stereocenters. The molecule has 23 heavy (non-hydrogen) atoms. The van der Waals surface area contributed by atoms with Crippen LogP contribution in [-0.4, -0.2) is 20.4 Å². The minimum Gasteiger partial charge on any atom is -0.348 e. The van der Waals surface area contributed by atoms with Gasteiger partial charge >= 0.3 is 0 Å². The number of carbonyl (C=O) groups excluding carboxylic acids is 1. The number of amides is 1. The second kappa shape index (κ2) is 6.31. The van der Waals surface area contributed by atoms with E-state index in [4.69, 9.17) is 0 Å². The van der Waals surface area contributed by atoms with E-state index in [0.29, 0.717) is 6.54 Å². The molecule has 0 bridgehead atoms. The Morgan fingerprint density at radius 1 is 1.22 bits per heavy atom. The quantitative estimate of drug-likeness (QED) is 0.771. The lowest BCUT2D eigenvalue weighted by atomic mass is 10.2. The molecule has 2 heterocycles. The van der Waals surface area contributed by atoms with Gasteiger partial charge in [0.2, 0.25) is 0 Å². The highest BCUT2D eigenvalue weighted by molar-refractivity contribution is 5.93. The summed E-state index contributed by atoms with van der Waals surface area (Å²) in [7, 11) is 0. The number of hydrogen-bond donors (Lipinski definition) is 2. The Bertz CT molecular complexity index is 864. The molecule has 3 aromatic rings. The fourth-order valence-corrected chi connectivity index (χ4v) is 2.23. The summed E-state index contributed by atoms with van der Waals surface area (Å²) >= 11 is 0. The first kappa shape index (κ1) is 14.8. The van der Waals surface area contributed by atoms with E-state index in [9.17, 15) is 9.59 Å². The zero-order valence-electron chi connectivity index (χ0n) is 12.6. The first-order valence-electron chi connectivity index (χ1n) is 7.19. The molecule has 0 aliphatic heterocycles. The second-order valence-electron chi connectivity index (χ2n) is 5.20. The molecule has 0 saturated carbocycles. The Morgan fingerprint density at radius 2 is 2.00 bits per heavy atom. The molecule has 3 rings (SSSR count). The van der Waals surface area contributed by atoms with Crippen molar-refractivity contribution in [3.8, 4) is 5.69 Å². The summed E-state index contributed by atoms with van der Waals surface area (Å²) in [5.74, 6) is -0.384. The standard InChI is InChI=1S/C17H16N4O2/c1-12-2-7-15(17(23)20-12)16(22)19-10-13-3-5-14(6-4-13)21-9-8-18-11-21/h2-9,11H,10H2,1H3,(H,19,22)(H,20,23). The Labute approximate surface area is 132 Å². The third kappa shape index (κ3) is 3.37. The lowest BCUT2D eigenvalue weighted by Gasteiger charge is -2.07. The average Bonchev–Trinajstić information content (AvgIpc) is 3.07. The smallest absolute Gasteiger partial charge is 0.260 e. The molecule has 1 aromatic carbocycles. The maximum atomic E-state index is 12.1. The van der Waals surface area contributed by atoms with Gasteiger partial charge in [0.25, 0.3) is 11.5 Å². The van der Waals surface area contributed by atoms with Crippen LogP contribution in [0.5, 0.6) is 0 Å². The van der Waals surface area contributed by atoms with E-state index in [1.165, 1.54) is 6.07 Å². The van der Waals surface area contributed by atoms with Gasteiger partial charge in [-0.15, -0.1) is 0 Å². The first-order chi connectivity index (χ1) is 11.1. The predicted octanol–water partition coefficient (Wildman–Crippen LogP) is 1.80. The van der Waals surface area contributed by atoms with Crippen LogP contribution in [0.4, 0.5) is 0 Å². The van der Waals surface area contributed by atoms with Gasteiger partial charge in [-0.3, -0.25) is 9.59 Å². The van der Waals surface area contributed by atoms with E-state index in [2.05, 4.69) is 15.3 Å². The van der Waals surface area contributed by atoms with Crippen molar-refractivity contribution in [2.75, 3.05) is 0 Å². The van der Waals surface area contributed by atoms with Gasteiger partial charge in [0, 0.05) is 30.3 Å². The number of aromatic nitrogens is 3. The maximum Gasteiger partial charge on any atom is 0.260 e. The zero-order chi connectivity index (χ0) is 16.2. The van der Waals surface area contributed by atoms with E-state index < -0.39 is 0 Å². The number of imidazole rings is 1. The molecular formula is C17H16N4O2. The molecule has 0 aliphatic carbocycles. The van der Waals surface area contributed by atoms with Gasteiger partial charge in [-0.1, -0.05) is 12.1 Å². The third-order valence-electron chi connectivity index (χ3n) is 3.49. The van der Waals surface area contributed by atoms with Gasteiger partial charge in [0.15, 0.2) is 0 Å². The highest BCUT2D eigenvalue weighted by atomic mass is 16.2. The van der Waals surface area contributed by atoms with Crippen molar-refractivity contribution in [1.82, 2.24) is 19.9 Å². The van der Waals surface area contributed by atoms with Crippen LogP contribution in [0.15, 0.2) is 59.9 Å². The van der Waals surface area contributed by atoms with Gasteiger partial charge in [-0.2, -0.15) is 0 Å². The number of H-pyrrole nitrogens is 1. The number of aryl methyl sites for hydroxylation is 1. The van der Waals surface area contributed by atoms with Crippen molar-refractivity contribution in [2.45, 2.75) is 13.5 Å². The van der Waals surface area contributed by atoms with Crippen molar-refractivity contribution in [3.05, 3.63) is 82.3 Å². The predicted molar refractivity (Wildman–Crippen MR) is 86.5 cm³/mol. The first-order valence-corrected chi connectivity index (χ1v) is 7.19. The van der Waals surface area contributed by atoms with E-state index in [-0.39, 0.29) is 17.0 Å². The van der Waals surface area contributed by atoms with Crippen LogP contribution in [0.2, 0.25) is 0 Å². The summed E-state index contributed by atoms with van der Waals surface area (Å²) < 4.78 is 1.90. The molecule has 2 aromatic heterocycles. The van der Waals surface area contributed by atoms with Crippen LogP contribution in [0.1, 0.15) is 21.6 Å². The van der Waals surface area contributed by atoms with Gasteiger partial charge < -0.3 is 14.9 Å². The highest BCUT2D eigenvalue weighted by Crippen LogP contribution is 2.09. The molecule has 0 saturated heterocycles. The van der Waals surface area contributed by atoms with Crippen molar-refractivity contribution >= 4 is 5.91 Å². The summed E-state index contributed by atoms with van der Waals surface area (Å²) in [4.78, 5) is 30.4. The second-order valence-corrected chi connectivity index (χ2v) is 5.20. The number of nitrogens with zero attached hydrogens (tertiary/aromatic N) is 2. The van der Waals surface area contributed by atoms with E-state index in [0.717, 1.165) is 16.9 Å². The summed E-state index contributed by atoms with van der Waals surface area (Å²) in [6.45, 7) is 2.13. The van der Waals surface area contributed by atoms with Crippen LogP contribution in [-0.2, 0) is 6.54 Å². The summed E-state index contributed by atoms with van der Waals surface area (Å²) in [6.07, 6.45) is 5.30. The van der Waals surface area contributed by atoms with Gasteiger partial charge in [-0.05, 0) is 36.8 Å². The molecule has 0 spiro atoms. The number of pyridine rings is 1. The maximum absolute atomic E-state index is 12.1. The fourth-order valence-electron chi connectivity index (χ4n) is 2.23. The molecule has 6 nitrogen and oxygen atoms in total. The van der Waals surface area contributed by atoms with Gasteiger partial charge in [-0.25, -0.2) is 4.98 Å². The van der Waals surface area contributed by atoms with E-state index in [1.807, 2.05) is 35.0 Å². The zero-order valence-corrected chi connectivity index (χ0v) is 12.6. The molecule has 0 radical (unpaired) electrons. The van der Waals surface area contributed by atoms with Crippen LogP contribution in [0.3, 0.4) is 0 Å². The van der Waals surface area contributed by atoms with Crippen LogP contribution < -0.4 is 10.9 Å². The lowest BCUT2D eigenvalue weighted by Crippen LogP contribution is -2.29. The number of carbonyl (C=O) groups is 1. The van der Waals surface area contributed by atoms with Gasteiger partial charge in [0.1, 0.15) is 5.56 Å². The highest BCUT2D eigenvalue weighted by Gasteiger charge is 2.09. The molecule has 0 fully saturated rings. The molecule has 6 heteroatoms. The van der Waals surface area contributed by atoms with Crippen LogP contribution in [0.25, 0.3) is 5.69 Å². The molecule has 1 amide bonds. The molecule has 116 valence electrons. The Balaban J connectivity index is 1.66. The van der Waals surface area contributed by atoms with Crippen molar-refractivity contribution < 1.29 is 4.79 Å². The number of hydrogen-bond acceptors (Lipinski definition) is 3. The number of rotatable bonds is 4. The van der Waals surface area contributed by atoms with E-state index in [1.54, 1.807) is 25.5 Å². The fraction of sp³-hybridized carbons (Fsp3) is 0.118. The molecule has 0 atom stereocenters. The average molecular weight is 308 g/mol. The van der Waals surface area contributed by atoms with Crippen molar-refractivity contribution in [2.24, 2.45) is 0 Å². The minimum atomic E-state index is -0.384. The van der Waals surface area contributed by atoms with Crippen molar-refractivity contribution in [3.63, 3.8) is 0 Å². The van der Waals surface area contributed by atoms with E-state index >= 15 is 0 Å². The Kier molecular flexibility index (Phi) is 4.05. The molecule has 0 aliphatic rings. The summed E-state index contributed by atoms with van der Waals surface area (Å²) in [6, 6.07) is 11.0. The monoisotopic (exact) mass is 308 g/mol. The summed E-state index contributed by atoms with van der Waals surface area (Å²) in [5, 5.41) is 2.75. The van der Waals surface area contributed by atoms with Crippen LogP contribution >= 0.6 is 0 Å². The summed E-state index contributed by atoms with van der Waals surface area (Å²) in [5.41, 5.74) is 2.41. The van der Waals surface area contributed by atoms with Crippen molar-refractivity contribution in [1.29, 1.82) is 0 Å².